The van der Waals surface area contributed by atoms with Gasteiger partial charge < -0.3 is 10.5 Å². The number of rotatable bonds is 2. The summed E-state index contributed by atoms with van der Waals surface area (Å²) in [6.45, 7) is 2.05. The van der Waals surface area contributed by atoms with E-state index < -0.39 is 0 Å². The topological polar surface area (TPSA) is 42.1 Å². The molecule has 1 heterocycles. The van der Waals surface area contributed by atoms with Gasteiger partial charge in [0.15, 0.2) is 0 Å². The van der Waals surface area contributed by atoms with E-state index in [4.69, 9.17) is 11.6 Å². The minimum absolute atomic E-state index is 0.110. The summed E-state index contributed by atoms with van der Waals surface area (Å²) in [6.07, 6.45) is 6.14. The van der Waals surface area contributed by atoms with Gasteiger partial charge in [0.05, 0.1) is 12.7 Å². The van der Waals surface area contributed by atoms with Crippen molar-refractivity contribution in [3.05, 3.63) is 29.0 Å². The highest BCUT2D eigenvalue weighted by molar-refractivity contribution is 6.18. The molecule has 6 heteroatoms. The number of hydrogen-bond acceptors (Lipinski definition) is 1. The molecule has 1 N–H and O–H groups in total. The molecule has 2 rings (SSSR count). The van der Waals surface area contributed by atoms with Gasteiger partial charge in [-0.15, -0.1) is 16.6 Å². The van der Waals surface area contributed by atoms with Crippen LogP contribution < -0.4 is 5.12 Å². The summed E-state index contributed by atoms with van der Waals surface area (Å²) >= 11 is 6.02. The number of hydrogen-bond donors (Lipinski definition) is 1. The smallest absolute Gasteiger partial charge is 0.354 e. The van der Waals surface area contributed by atoms with Crippen molar-refractivity contribution >= 4 is 17.6 Å². The SMILES string of the molecule is CC1=C(N2C(=O)N(C)[N-][NH+]2C)C=CCCC1CCl. The van der Waals surface area contributed by atoms with Crippen molar-refractivity contribution in [1.29, 1.82) is 0 Å². The number of allylic oxidation sites excluding steroid dienone is 3. The molecule has 1 aliphatic carbocycles. The molecule has 1 aliphatic heterocycles. The largest absolute Gasteiger partial charge is 0.375 e. The summed E-state index contributed by atoms with van der Waals surface area (Å²) in [5.41, 5.74) is 6.26. The molecule has 100 valence electrons. The van der Waals surface area contributed by atoms with Crippen molar-refractivity contribution in [2.75, 3.05) is 20.0 Å². The van der Waals surface area contributed by atoms with Crippen LogP contribution >= 0.6 is 11.6 Å². The van der Waals surface area contributed by atoms with Crippen LogP contribution in [0.1, 0.15) is 19.8 Å². The number of alkyl halides is 1. The molecular formula is C12H19ClN4O. The second-order valence-corrected chi connectivity index (χ2v) is 5.00. The Morgan fingerprint density at radius 3 is 2.89 bits per heavy atom. The minimum Gasteiger partial charge on any atom is -0.375 e. The Morgan fingerprint density at radius 1 is 1.61 bits per heavy atom. The van der Waals surface area contributed by atoms with E-state index >= 15 is 0 Å². The molecule has 1 fully saturated rings. The van der Waals surface area contributed by atoms with Gasteiger partial charge in [-0.1, -0.05) is 6.08 Å². The number of quaternary nitrogens is 1. The first kappa shape index (κ1) is 13.4. The normalized spacial score (nSPS) is 29.2. The second kappa shape index (κ2) is 5.30. The average molecular weight is 271 g/mol. The van der Waals surface area contributed by atoms with Crippen molar-refractivity contribution in [2.24, 2.45) is 5.92 Å². The van der Waals surface area contributed by atoms with Gasteiger partial charge >= 0.3 is 6.03 Å². The molecule has 0 saturated carbocycles. The van der Waals surface area contributed by atoms with Crippen LogP contribution in [0.5, 0.6) is 0 Å². The summed E-state index contributed by atoms with van der Waals surface area (Å²) in [6, 6.07) is -0.110. The summed E-state index contributed by atoms with van der Waals surface area (Å²) in [5, 5.41) is 3.73. The number of nitrogens with zero attached hydrogens (tertiary/aromatic N) is 3. The highest BCUT2D eigenvalue weighted by atomic mass is 35.5. The number of carbonyl (C=O) groups is 1. The third-order valence-electron chi connectivity index (χ3n) is 3.49. The van der Waals surface area contributed by atoms with Crippen LogP contribution in [0.25, 0.3) is 5.53 Å². The molecular weight excluding hydrogens is 252 g/mol. The first-order valence-corrected chi connectivity index (χ1v) is 6.66. The van der Waals surface area contributed by atoms with Gasteiger partial charge in [-0.3, -0.25) is 5.12 Å². The molecule has 0 aromatic rings. The molecule has 0 radical (unpaired) electrons. The van der Waals surface area contributed by atoms with Crippen molar-refractivity contribution < 1.29 is 9.91 Å². The van der Waals surface area contributed by atoms with Crippen LogP contribution in [-0.2, 0) is 0 Å². The zero-order valence-electron chi connectivity index (χ0n) is 11.0. The van der Waals surface area contributed by atoms with Crippen LogP contribution in [0.2, 0.25) is 0 Å². The zero-order valence-corrected chi connectivity index (χ0v) is 11.7. The molecule has 2 atom stereocenters. The third-order valence-corrected chi connectivity index (χ3v) is 3.86. The fourth-order valence-electron chi connectivity index (χ4n) is 2.36. The second-order valence-electron chi connectivity index (χ2n) is 4.69. The van der Waals surface area contributed by atoms with Crippen molar-refractivity contribution in [1.82, 2.24) is 10.0 Å². The lowest BCUT2D eigenvalue weighted by Gasteiger charge is -2.27. The molecule has 2 unspecified atom stereocenters. The van der Waals surface area contributed by atoms with Crippen molar-refractivity contribution in [3.8, 4) is 0 Å². The Morgan fingerprint density at radius 2 is 2.33 bits per heavy atom. The van der Waals surface area contributed by atoms with Crippen LogP contribution in [0.15, 0.2) is 23.4 Å². The van der Waals surface area contributed by atoms with E-state index in [0.717, 1.165) is 24.1 Å². The lowest BCUT2D eigenvalue weighted by Crippen LogP contribution is -3.09. The predicted molar refractivity (Wildman–Crippen MR) is 70.5 cm³/mol. The zero-order chi connectivity index (χ0) is 13.3. The quantitative estimate of drug-likeness (QED) is 0.759. The van der Waals surface area contributed by atoms with Crippen LogP contribution in [0.4, 0.5) is 4.79 Å². The van der Waals surface area contributed by atoms with Gasteiger partial charge in [-0.05, 0) is 44.4 Å². The molecule has 0 spiro atoms. The Kier molecular flexibility index (Phi) is 3.94. The highest BCUT2D eigenvalue weighted by Gasteiger charge is 2.32. The van der Waals surface area contributed by atoms with E-state index in [-0.39, 0.29) is 6.03 Å². The summed E-state index contributed by atoms with van der Waals surface area (Å²) < 4.78 is 0. The number of nitrogens with one attached hydrogen (secondary N) is 1. The monoisotopic (exact) mass is 270 g/mol. The van der Waals surface area contributed by atoms with E-state index in [1.54, 1.807) is 12.1 Å². The molecule has 0 aromatic heterocycles. The lowest BCUT2D eigenvalue weighted by molar-refractivity contribution is -0.939. The van der Waals surface area contributed by atoms with Crippen molar-refractivity contribution in [3.63, 3.8) is 0 Å². The molecule has 5 nitrogen and oxygen atoms in total. The van der Waals surface area contributed by atoms with Crippen LogP contribution in [0.3, 0.4) is 0 Å². The van der Waals surface area contributed by atoms with Crippen LogP contribution in [0, 0.1) is 5.92 Å². The number of amides is 2. The average Bonchev–Trinajstić information content (AvgIpc) is 2.52. The first-order valence-electron chi connectivity index (χ1n) is 6.12. The molecule has 0 bridgehead atoms. The maximum absolute atomic E-state index is 12.1. The Balaban J connectivity index is 2.37. The Bertz CT molecular complexity index is 407. The molecule has 0 aromatic carbocycles. The van der Waals surface area contributed by atoms with Gasteiger partial charge in [0.2, 0.25) is 0 Å². The molecule has 1 saturated heterocycles. The fourth-order valence-corrected chi connectivity index (χ4v) is 2.74. The fraction of sp³-hybridized carbons (Fsp3) is 0.583. The summed E-state index contributed by atoms with van der Waals surface area (Å²) in [5.74, 6) is 0.911. The Hall–Kier alpha value is -1.04. The minimum atomic E-state index is -0.110. The Labute approximate surface area is 113 Å². The maximum atomic E-state index is 12.1. The molecule has 2 aliphatic rings. The molecule has 18 heavy (non-hydrogen) atoms. The standard InChI is InChI=1S/C12H19ClN4O/c1-9-10(8-13)6-4-5-7-11(9)17-12(18)15(2)14-16(17)3/h5,7,10,16H,4,6,8H2,1-3H3. The van der Waals surface area contributed by atoms with E-state index in [2.05, 4.69) is 18.5 Å². The predicted octanol–water partition coefficient (Wildman–Crippen LogP) is 1.47. The van der Waals surface area contributed by atoms with Gasteiger partial charge in [0.25, 0.3) is 0 Å². The van der Waals surface area contributed by atoms with E-state index in [1.165, 1.54) is 5.01 Å². The van der Waals surface area contributed by atoms with Gasteiger partial charge in [-0.25, -0.2) is 4.79 Å². The van der Waals surface area contributed by atoms with Gasteiger partial charge in [0, 0.05) is 5.88 Å². The molecule has 2 amide bonds. The van der Waals surface area contributed by atoms with Gasteiger partial charge in [0.1, 0.15) is 0 Å². The highest BCUT2D eigenvalue weighted by Crippen LogP contribution is 2.27. The van der Waals surface area contributed by atoms with Gasteiger partial charge in [-0.2, -0.15) is 0 Å². The number of urea groups is 1. The van der Waals surface area contributed by atoms with E-state index in [1.807, 2.05) is 13.1 Å². The van der Waals surface area contributed by atoms with Crippen molar-refractivity contribution in [2.45, 2.75) is 19.8 Å². The first-order chi connectivity index (χ1) is 8.56. The lowest BCUT2D eigenvalue weighted by atomic mass is 9.97. The van der Waals surface area contributed by atoms with E-state index in [9.17, 15) is 4.79 Å². The van der Waals surface area contributed by atoms with Crippen LogP contribution in [-0.4, -0.2) is 36.0 Å². The summed E-state index contributed by atoms with van der Waals surface area (Å²) in [7, 11) is 3.51. The summed E-state index contributed by atoms with van der Waals surface area (Å²) in [4.78, 5) is 12.1. The maximum Gasteiger partial charge on any atom is 0.354 e. The number of carbonyl (C=O) groups excluding carboxylic acids is 1. The third kappa shape index (κ3) is 2.25. The van der Waals surface area contributed by atoms with E-state index in [0.29, 0.717) is 16.9 Å². The number of halogens is 1.